The lowest BCUT2D eigenvalue weighted by molar-refractivity contribution is -0.129. The normalized spacial score (nSPS) is 22.8. The number of amides is 1. The van der Waals surface area contributed by atoms with E-state index in [9.17, 15) is 4.79 Å². The minimum atomic E-state index is -0.894. The van der Waals surface area contributed by atoms with E-state index in [4.69, 9.17) is 20.4 Å². The molecule has 0 spiro atoms. The molecule has 1 aliphatic carbocycles. The molecule has 2 aliphatic heterocycles. The third-order valence-electron chi connectivity index (χ3n) is 7.10. The van der Waals surface area contributed by atoms with Crippen LogP contribution in [0.25, 0.3) is 4.91 Å². The van der Waals surface area contributed by atoms with E-state index in [2.05, 4.69) is 21.3 Å². The van der Waals surface area contributed by atoms with Gasteiger partial charge < -0.3 is 19.9 Å². The van der Waals surface area contributed by atoms with E-state index in [0.29, 0.717) is 6.01 Å². The molecular weight excluding hydrogens is 474 g/mol. The number of piperazine rings is 1. The molecule has 1 saturated heterocycles. The molecule has 0 radical (unpaired) electrons. The summed E-state index contributed by atoms with van der Waals surface area (Å²) in [7, 11) is 0. The van der Waals surface area contributed by atoms with Crippen LogP contribution in [0.5, 0.6) is 6.01 Å². The first-order valence-corrected chi connectivity index (χ1v) is 13.6. The van der Waals surface area contributed by atoms with Gasteiger partial charge in [-0.25, -0.2) is 4.98 Å². The molecule has 4 heterocycles. The van der Waals surface area contributed by atoms with E-state index in [1.54, 1.807) is 6.92 Å². The van der Waals surface area contributed by atoms with E-state index in [0.717, 1.165) is 72.3 Å². The fraction of sp³-hybridized carbons (Fsp3) is 0.538. The molecule has 192 valence electrons. The number of thioether (sulfide) groups is 1. The Morgan fingerprint density at radius 3 is 2.58 bits per heavy atom. The third-order valence-corrected chi connectivity index (χ3v) is 8.28. The van der Waals surface area contributed by atoms with Gasteiger partial charge in [-0.15, -0.1) is 0 Å². The number of nitrogens with one attached hydrogen (secondary N) is 1. The summed E-state index contributed by atoms with van der Waals surface area (Å²) in [6, 6.07) is 4.53. The largest absolute Gasteiger partial charge is 0.460 e. The first kappa shape index (κ1) is 24.8. The zero-order valence-corrected chi connectivity index (χ0v) is 22.1. The average molecular weight is 510 g/mol. The Balaban J connectivity index is 1.28. The van der Waals surface area contributed by atoms with Gasteiger partial charge in [-0.05, 0) is 57.2 Å². The average Bonchev–Trinajstić information content (AvgIpc) is 3.27. The fourth-order valence-corrected chi connectivity index (χ4v) is 6.20. The van der Waals surface area contributed by atoms with Gasteiger partial charge in [0.2, 0.25) is 5.91 Å². The van der Waals surface area contributed by atoms with E-state index < -0.39 is 4.99 Å². The summed E-state index contributed by atoms with van der Waals surface area (Å²) in [4.78, 5) is 29.8. The molecule has 10 heteroatoms. The van der Waals surface area contributed by atoms with E-state index >= 15 is 0 Å². The van der Waals surface area contributed by atoms with E-state index in [1.165, 1.54) is 31.0 Å². The molecule has 1 unspecified atom stereocenters. The van der Waals surface area contributed by atoms with Crippen molar-refractivity contribution in [3.8, 4) is 6.01 Å². The fourth-order valence-electron chi connectivity index (χ4n) is 5.10. The molecule has 2 aromatic rings. The summed E-state index contributed by atoms with van der Waals surface area (Å²) in [5, 5.41) is 3.33. The number of ether oxygens (including phenoxy) is 1. The topological polar surface area (TPSA) is 110 Å². The van der Waals surface area contributed by atoms with Crippen molar-refractivity contribution in [2.45, 2.75) is 64.0 Å². The Hall–Kier alpha value is -2.85. The highest BCUT2D eigenvalue weighted by Crippen LogP contribution is 2.44. The lowest BCUT2D eigenvalue weighted by Gasteiger charge is -2.36. The number of pyridine rings is 1. The van der Waals surface area contributed by atoms with Gasteiger partial charge in [0.05, 0.1) is 28.2 Å². The van der Waals surface area contributed by atoms with Crippen molar-refractivity contribution in [3.63, 3.8) is 0 Å². The predicted octanol–water partition coefficient (Wildman–Crippen LogP) is 3.27. The second-order valence-electron chi connectivity index (χ2n) is 9.90. The second-order valence-corrected chi connectivity index (χ2v) is 11.2. The quantitative estimate of drug-likeness (QED) is 0.627. The van der Waals surface area contributed by atoms with Crippen LogP contribution >= 0.6 is 11.8 Å². The Labute approximate surface area is 216 Å². The highest BCUT2D eigenvalue weighted by atomic mass is 32.2. The predicted molar refractivity (Wildman–Crippen MR) is 142 cm³/mol. The second kappa shape index (κ2) is 10.3. The first-order chi connectivity index (χ1) is 17.3. The van der Waals surface area contributed by atoms with Gasteiger partial charge in [0.15, 0.2) is 4.99 Å². The van der Waals surface area contributed by atoms with E-state index in [-0.39, 0.29) is 12.0 Å². The van der Waals surface area contributed by atoms with Crippen molar-refractivity contribution in [1.82, 2.24) is 25.2 Å². The van der Waals surface area contributed by atoms with Crippen LogP contribution < -0.4 is 20.7 Å². The van der Waals surface area contributed by atoms with Crippen molar-refractivity contribution in [2.75, 3.05) is 31.1 Å². The molecule has 2 fully saturated rings. The molecule has 1 amide bonds. The Morgan fingerprint density at radius 2 is 1.89 bits per heavy atom. The van der Waals surface area contributed by atoms with Crippen molar-refractivity contribution >= 4 is 28.3 Å². The summed E-state index contributed by atoms with van der Waals surface area (Å²) in [5.74, 6) is 0.128. The van der Waals surface area contributed by atoms with Crippen LogP contribution in [-0.2, 0) is 9.79 Å². The van der Waals surface area contributed by atoms with Crippen LogP contribution in [-0.4, -0.2) is 58.0 Å². The number of anilines is 1. The number of hydrogen-bond donors (Lipinski definition) is 2. The summed E-state index contributed by atoms with van der Waals surface area (Å²) in [6.07, 6.45) is 9.78. The zero-order chi connectivity index (χ0) is 25.3. The van der Waals surface area contributed by atoms with Gasteiger partial charge in [0.1, 0.15) is 6.10 Å². The molecule has 0 aromatic carbocycles. The maximum absolute atomic E-state index is 11.6. The van der Waals surface area contributed by atoms with Gasteiger partial charge in [-0.2, -0.15) is 4.98 Å². The van der Waals surface area contributed by atoms with Crippen LogP contribution in [0.15, 0.2) is 24.5 Å². The van der Waals surface area contributed by atoms with Gasteiger partial charge in [0.25, 0.3) is 0 Å². The minimum Gasteiger partial charge on any atom is -0.460 e. The lowest BCUT2D eigenvalue weighted by Crippen LogP contribution is -2.48. The molecular formula is C26H35N7O2S. The Morgan fingerprint density at radius 1 is 1.14 bits per heavy atom. The molecule has 5 rings (SSSR count). The highest BCUT2D eigenvalue weighted by molar-refractivity contribution is 8.09. The summed E-state index contributed by atoms with van der Waals surface area (Å²) < 4.78 is 6.13. The molecule has 36 heavy (non-hydrogen) atoms. The van der Waals surface area contributed by atoms with Gasteiger partial charge >= 0.3 is 6.01 Å². The summed E-state index contributed by atoms with van der Waals surface area (Å²) >= 11 is 1.50. The molecule has 3 N–H and O–H groups in total. The smallest absolute Gasteiger partial charge is 0.317 e. The zero-order valence-electron chi connectivity index (χ0n) is 21.3. The number of nitrogens with two attached hydrogens (primary N) is 1. The molecule has 3 aliphatic rings. The number of rotatable bonds is 5. The van der Waals surface area contributed by atoms with Crippen LogP contribution in [0.2, 0.25) is 0 Å². The summed E-state index contributed by atoms with van der Waals surface area (Å²) in [6.45, 7) is 8.67. The SMILES string of the molecule is CC(=O)N1CCN(c2cnc(C3(N)NC=C(c4cc(C)nc(OC5CCCCC5)n4)S3)c(C)c2)CC1. The van der Waals surface area contributed by atoms with Crippen molar-refractivity contribution in [2.24, 2.45) is 5.73 Å². The lowest BCUT2D eigenvalue weighted by atomic mass is 9.98. The molecule has 1 atom stereocenters. The van der Waals surface area contributed by atoms with Gasteiger partial charge in [-0.1, -0.05) is 18.2 Å². The summed E-state index contributed by atoms with van der Waals surface area (Å²) in [5.41, 5.74) is 11.3. The number of carbonyl (C=O) groups is 1. The Bertz CT molecular complexity index is 1160. The minimum absolute atomic E-state index is 0.128. The number of aryl methyl sites for hydroxylation is 2. The first-order valence-electron chi connectivity index (χ1n) is 12.8. The van der Waals surface area contributed by atoms with Gasteiger partial charge in [0, 0.05) is 45.0 Å². The van der Waals surface area contributed by atoms with Crippen LogP contribution in [0.1, 0.15) is 61.7 Å². The van der Waals surface area contributed by atoms with Crippen molar-refractivity contribution in [3.05, 3.63) is 47.2 Å². The maximum Gasteiger partial charge on any atom is 0.317 e. The van der Waals surface area contributed by atoms with Crippen molar-refractivity contribution in [1.29, 1.82) is 0 Å². The molecule has 9 nitrogen and oxygen atoms in total. The molecule has 0 bridgehead atoms. The third kappa shape index (κ3) is 5.29. The maximum atomic E-state index is 11.6. The number of carbonyl (C=O) groups excluding carboxylic acids is 1. The Kier molecular flexibility index (Phi) is 7.07. The van der Waals surface area contributed by atoms with Crippen LogP contribution in [0.3, 0.4) is 0 Å². The van der Waals surface area contributed by atoms with Crippen molar-refractivity contribution < 1.29 is 9.53 Å². The van der Waals surface area contributed by atoms with Crippen LogP contribution in [0, 0.1) is 13.8 Å². The van der Waals surface area contributed by atoms with Gasteiger partial charge in [-0.3, -0.25) is 15.5 Å². The monoisotopic (exact) mass is 509 g/mol. The van der Waals surface area contributed by atoms with Crippen LogP contribution in [0.4, 0.5) is 5.69 Å². The number of nitrogens with zero attached hydrogens (tertiary/aromatic N) is 5. The number of hydrogen-bond acceptors (Lipinski definition) is 9. The van der Waals surface area contributed by atoms with E-state index in [1.807, 2.05) is 37.2 Å². The molecule has 1 saturated carbocycles. The number of aromatic nitrogens is 3. The highest BCUT2D eigenvalue weighted by Gasteiger charge is 2.37. The molecule has 2 aromatic heterocycles. The standard InChI is InChI=1S/C26H35N7O2S/c1-17-13-20(33-11-9-32(10-12-33)19(3)34)15-28-24(17)26(27)29-16-23(36-26)22-14-18(2)30-25(31-22)35-21-7-5-4-6-8-21/h13-16,21,29H,4-12,27H2,1-3H3.